The maximum atomic E-state index is 13.9. The van der Waals surface area contributed by atoms with Crippen molar-refractivity contribution in [3.63, 3.8) is 0 Å². The summed E-state index contributed by atoms with van der Waals surface area (Å²) < 4.78 is 84.9. The van der Waals surface area contributed by atoms with Crippen molar-refractivity contribution >= 4 is 29.5 Å². The average molecular weight is 999 g/mol. The molecular formula is C48H52F6N8O9. The molecule has 2 fully saturated rings. The van der Waals surface area contributed by atoms with E-state index in [1.165, 1.54) is 20.2 Å². The second kappa shape index (κ2) is 21.0. The smallest absolute Gasteiger partial charge is 0.274 e. The number of nitrogens with one attached hydrogen (secondary N) is 4. The third kappa shape index (κ3) is 10.2. The molecule has 6 unspecified atom stereocenters. The van der Waals surface area contributed by atoms with E-state index in [0.29, 0.717) is 43.7 Å². The van der Waals surface area contributed by atoms with Crippen LogP contribution in [0.1, 0.15) is 131 Å². The number of amides is 5. The summed E-state index contributed by atoms with van der Waals surface area (Å²) >= 11 is 0. The van der Waals surface area contributed by atoms with Crippen LogP contribution in [0.2, 0.25) is 0 Å². The van der Waals surface area contributed by atoms with Crippen LogP contribution in [-0.4, -0.2) is 102 Å². The van der Waals surface area contributed by atoms with E-state index < -0.39 is 128 Å². The van der Waals surface area contributed by atoms with Crippen molar-refractivity contribution in [3.05, 3.63) is 126 Å². The molecule has 0 saturated carbocycles. The highest BCUT2D eigenvalue weighted by Gasteiger charge is 2.44. The first-order chi connectivity index (χ1) is 33.7. The molecule has 4 aliphatic rings. The molecule has 6 atom stereocenters. The predicted molar refractivity (Wildman–Crippen MR) is 242 cm³/mol. The summed E-state index contributed by atoms with van der Waals surface area (Å²) in [5.41, 5.74) is -4.89. The fourth-order valence-electron chi connectivity index (χ4n) is 9.52. The van der Waals surface area contributed by atoms with Gasteiger partial charge in [-0.3, -0.25) is 33.6 Å². The van der Waals surface area contributed by atoms with Gasteiger partial charge in [-0.2, -0.15) is 0 Å². The number of hydrogen-bond donors (Lipinski definition) is 6. The van der Waals surface area contributed by atoms with Gasteiger partial charge in [0.25, 0.3) is 23.6 Å². The molecule has 380 valence electrons. The van der Waals surface area contributed by atoms with Gasteiger partial charge in [-0.05, 0) is 52.5 Å². The van der Waals surface area contributed by atoms with Crippen LogP contribution in [0.5, 0.6) is 11.5 Å². The summed E-state index contributed by atoms with van der Waals surface area (Å²) in [4.78, 5) is 93.0. The van der Waals surface area contributed by atoms with Gasteiger partial charge in [0.2, 0.25) is 16.8 Å². The molecular weight excluding hydrogens is 947 g/mol. The molecule has 0 radical (unpaired) electrons. The maximum Gasteiger partial charge on any atom is 0.274 e. The Morgan fingerprint density at radius 1 is 0.620 bits per heavy atom. The molecule has 4 aromatic rings. The van der Waals surface area contributed by atoms with Crippen LogP contribution in [0.4, 0.5) is 26.3 Å². The van der Waals surface area contributed by atoms with Crippen LogP contribution >= 0.6 is 0 Å². The van der Waals surface area contributed by atoms with Crippen LogP contribution in [0.15, 0.2) is 46.2 Å². The second-order valence-corrected chi connectivity index (χ2v) is 18.0. The van der Waals surface area contributed by atoms with E-state index in [0.717, 1.165) is 32.0 Å². The first-order valence-electron chi connectivity index (χ1n) is 23.1. The van der Waals surface area contributed by atoms with E-state index in [9.17, 15) is 70.1 Å². The zero-order chi connectivity index (χ0) is 51.7. The van der Waals surface area contributed by atoms with Gasteiger partial charge in [0.05, 0.1) is 18.1 Å². The first-order valence-corrected chi connectivity index (χ1v) is 23.1. The lowest BCUT2D eigenvalue weighted by atomic mass is 10.00. The molecule has 8 rings (SSSR count). The van der Waals surface area contributed by atoms with Crippen LogP contribution < -0.4 is 32.1 Å². The monoisotopic (exact) mass is 998 g/mol. The first kappa shape index (κ1) is 51.7. The zero-order valence-electron chi connectivity index (χ0n) is 39.0. The molecule has 0 spiro atoms. The van der Waals surface area contributed by atoms with Crippen molar-refractivity contribution in [1.29, 1.82) is 0 Å². The zero-order valence-corrected chi connectivity index (χ0v) is 39.0. The minimum Gasteiger partial charge on any atom is -0.503 e. The number of aromatic nitrogens is 2. The third-order valence-electron chi connectivity index (χ3n) is 13.5. The normalized spacial score (nSPS) is 21.2. The van der Waals surface area contributed by atoms with Crippen molar-refractivity contribution in [1.82, 2.24) is 40.2 Å². The van der Waals surface area contributed by atoms with E-state index in [2.05, 4.69) is 21.3 Å². The van der Waals surface area contributed by atoms with Crippen LogP contribution in [0.3, 0.4) is 0 Å². The Hall–Kier alpha value is -7.17. The van der Waals surface area contributed by atoms with E-state index in [1.807, 2.05) is 20.8 Å². The van der Waals surface area contributed by atoms with E-state index in [4.69, 9.17) is 0 Å². The summed E-state index contributed by atoms with van der Waals surface area (Å²) in [7, 11) is 0. The van der Waals surface area contributed by atoms with Gasteiger partial charge in [0, 0.05) is 98.5 Å². The average Bonchev–Trinajstić information content (AvgIpc) is 3.55. The number of fused-ring (bicyclic) bond motifs is 8. The molecule has 6 N–H and O–H groups in total. The van der Waals surface area contributed by atoms with Crippen LogP contribution in [-0.2, 0) is 17.9 Å². The fourth-order valence-corrected chi connectivity index (χ4v) is 9.52. The van der Waals surface area contributed by atoms with Crippen molar-refractivity contribution in [2.24, 2.45) is 0 Å². The molecule has 5 amide bonds. The van der Waals surface area contributed by atoms with Crippen molar-refractivity contribution in [2.45, 2.75) is 116 Å². The summed E-state index contributed by atoms with van der Waals surface area (Å²) in [6, 6.07) is 0.133. The Labute approximate surface area is 401 Å². The van der Waals surface area contributed by atoms with Crippen molar-refractivity contribution in [2.75, 3.05) is 19.6 Å². The summed E-state index contributed by atoms with van der Waals surface area (Å²) in [6.45, 7) is 7.37. The van der Waals surface area contributed by atoms with Crippen LogP contribution in [0, 0.1) is 34.9 Å². The molecule has 2 saturated heterocycles. The highest BCUT2D eigenvalue weighted by Crippen LogP contribution is 2.36. The lowest BCUT2D eigenvalue weighted by molar-refractivity contribution is -0.121. The lowest BCUT2D eigenvalue weighted by Crippen LogP contribution is -2.51. The van der Waals surface area contributed by atoms with Gasteiger partial charge in [-0.15, -0.1) is 0 Å². The minimum absolute atomic E-state index is 0.0746. The molecule has 2 aromatic carbocycles. The number of benzene rings is 2. The fraction of sp³-hybridized carbons (Fsp3) is 0.438. The standard InChI is InChI=1S/C24H25F3N4O5.C24H27F3N4O4/c1-3-19(32)29-17-5-4-11(2)30-10-18(17)31-9-14(21(33)22(34)20(31)24(30)36)23(35)28-8-13-15(26)6-12(25)7-16(13)27;1-3-6-28-18-5-4-12(2)30-11-19(18)31-10-15(21(32)22(33)20(31)24(30)35)23(34)29-9-14-16(26)7-13(25)8-17(14)27/h6-7,9,11,17-18,34H,3-5,8,10H2,1-2H3,(H,28,35)(H,29,32);7-8,10,12,18-19,28,33H,3-6,9,11H2,1-2H3,(H,29,34). The summed E-state index contributed by atoms with van der Waals surface area (Å²) in [6.07, 6.45) is 6.00. The van der Waals surface area contributed by atoms with Gasteiger partial charge in [0.1, 0.15) is 46.0 Å². The number of carbonyl (C=O) groups excluding carboxylic acids is 5. The topological polar surface area (TPSA) is 224 Å². The number of aromatic hydroxyl groups is 2. The highest BCUT2D eigenvalue weighted by atomic mass is 19.2. The number of hydrogen-bond acceptors (Lipinski definition) is 10. The predicted octanol–water partition coefficient (Wildman–Crippen LogP) is 4.42. The largest absolute Gasteiger partial charge is 0.503 e. The van der Waals surface area contributed by atoms with Crippen LogP contribution in [0.25, 0.3) is 0 Å². The Morgan fingerprint density at radius 2 is 1.01 bits per heavy atom. The lowest BCUT2D eigenvalue weighted by Gasteiger charge is -2.39. The molecule has 2 aromatic heterocycles. The number of carbonyl (C=O) groups is 5. The quantitative estimate of drug-likeness (QED) is 0.116. The number of rotatable bonds is 11. The SMILES string of the molecule is CCC(=O)NC1CCC(C)N2CC1n1cc(C(=O)NCc3c(F)cc(F)cc3F)c(=O)c(O)c1C2=O.CCCNC1CCC(C)N2CC1n1cc(C(=O)NCc3c(F)cc(F)cc3F)c(=O)c(O)c1C2=O. The third-order valence-corrected chi connectivity index (χ3v) is 13.5. The van der Waals surface area contributed by atoms with Gasteiger partial charge >= 0.3 is 0 Å². The van der Waals surface area contributed by atoms with Gasteiger partial charge in [-0.25, -0.2) is 26.3 Å². The number of pyridine rings is 2. The van der Waals surface area contributed by atoms with E-state index in [1.54, 1.807) is 11.8 Å². The Kier molecular flexibility index (Phi) is 15.3. The van der Waals surface area contributed by atoms with Crippen molar-refractivity contribution in [3.8, 4) is 11.5 Å². The van der Waals surface area contributed by atoms with Gasteiger partial charge in [-0.1, -0.05) is 13.8 Å². The number of nitrogens with zero attached hydrogens (tertiary/aromatic N) is 4. The number of halogens is 6. The summed E-state index contributed by atoms with van der Waals surface area (Å²) in [5.74, 6) is -12.2. The Balaban J connectivity index is 0.000000209. The minimum atomic E-state index is -1.22. The van der Waals surface area contributed by atoms with Gasteiger partial charge in [0.15, 0.2) is 22.9 Å². The molecule has 4 aliphatic heterocycles. The Morgan fingerprint density at radius 3 is 1.41 bits per heavy atom. The molecule has 71 heavy (non-hydrogen) atoms. The second-order valence-electron chi connectivity index (χ2n) is 18.0. The molecule has 23 heteroatoms. The highest BCUT2D eigenvalue weighted by molar-refractivity contribution is 6.00. The molecule has 17 nitrogen and oxygen atoms in total. The van der Waals surface area contributed by atoms with E-state index >= 15 is 0 Å². The summed E-state index contributed by atoms with van der Waals surface area (Å²) in [5, 5.41) is 32.2. The molecule has 4 bridgehead atoms. The van der Waals surface area contributed by atoms with E-state index in [-0.39, 0.29) is 54.4 Å². The maximum absolute atomic E-state index is 13.9. The molecule has 0 aliphatic carbocycles. The molecule has 6 heterocycles. The Bertz CT molecular complexity index is 2890. The van der Waals surface area contributed by atoms with Crippen molar-refractivity contribution < 1.29 is 60.5 Å². The van der Waals surface area contributed by atoms with Gasteiger partial charge < -0.3 is 50.4 Å².